The van der Waals surface area contributed by atoms with E-state index in [0.29, 0.717) is 19.0 Å². The number of hydrogen-bond acceptors (Lipinski definition) is 4. The second kappa shape index (κ2) is 8.80. The molecule has 0 unspecified atom stereocenters. The van der Waals surface area contributed by atoms with Crippen molar-refractivity contribution in [3.05, 3.63) is 52.8 Å². The first kappa shape index (κ1) is 20.4. The number of ether oxygens (including phenoxy) is 2. The number of carbonyl (C=O) groups excluding carboxylic acids is 1. The number of carbonyl (C=O) groups is 1. The van der Waals surface area contributed by atoms with E-state index in [-0.39, 0.29) is 28.6 Å². The molecule has 0 aliphatic carbocycles. The summed E-state index contributed by atoms with van der Waals surface area (Å²) < 4.78 is 25.2. The Bertz CT molecular complexity index is 860. The van der Waals surface area contributed by atoms with Gasteiger partial charge in [-0.2, -0.15) is 0 Å². The third-order valence-corrected chi connectivity index (χ3v) is 4.84. The van der Waals surface area contributed by atoms with E-state index in [1.54, 1.807) is 6.92 Å². The lowest BCUT2D eigenvalue weighted by molar-refractivity contribution is -0.118. The second-order valence-electron chi connectivity index (χ2n) is 7.13. The number of amides is 1. The summed E-state index contributed by atoms with van der Waals surface area (Å²) in [7, 11) is 0. The molecule has 2 aromatic rings. The van der Waals surface area contributed by atoms with Crippen LogP contribution in [0.1, 0.15) is 32.4 Å². The van der Waals surface area contributed by atoms with Crippen LogP contribution in [0, 0.1) is 11.7 Å². The van der Waals surface area contributed by atoms with Crippen molar-refractivity contribution in [1.82, 2.24) is 5.32 Å². The smallest absolute Gasteiger partial charge is 0.241 e. The lowest BCUT2D eigenvalue weighted by Crippen LogP contribution is -2.42. The quantitative estimate of drug-likeness (QED) is 0.738. The second-order valence-corrected chi connectivity index (χ2v) is 7.56. The maximum Gasteiger partial charge on any atom is 0.241 e. The van der Waals surface area contributed by atoms with Gasteiger partial charge in [0, 0.05) is 11.1 Å². The molecule has 1 amide bonds. The molecule has 0 radical (unpaired) electrons. The van der Waals surface area contributed by atoms with Crippen molar-refractivity contribution < 1.29 is 18.7 Å². The molecule has 1 aliphatic rings. The molecule has 2 N–H and O–H groups in total. The zero-order chi connectivity index (χ0) is 20.3. The van der Waals surface area contributed by atoms with Gasteiger partial charge in [0.25, 0.3) is 0 Å². The molecule has 0 saturated heterocycles. The van der Waals surface area contributed by atoms with Gasteiger partial charge in [0.05, 0.1) is 11.7 Å². The first-order chi connectivity index (χ1) is 13.3. The number of anilines is 1. The molecule has 7 heteroatoms. The van der Waals surface area contributed by atoms with Crippen LogP contribution in [0.3, 0.4) is 0 Å². The average molecular weight is 407 g/mol. The van der Waals surface area contributed by atoms with Crippen LogP contribution >= 0.6 is 11.6 Å². The molecule has 0 fully saturated rings. The van der Waals surface area contributed by atoms with Gasteiger partial charge in [0.15, 0.2) is 11.5 Å². The lowest BCUT2D eigenvalue weighted by Gasteiger charge is -2.28. The van der Waals surface area contributed by atoms with Gasteiger partial charge >= 0.3 is 0 Å². The minimum Gasteiger partial charge on any atom is -0.486 e. The van der Waals surface area contributed by atoms with Crippen LogP contribution in [0.2, 0.25) is 5.02 Å². The molecule has 2 atom stereocenters. The van der Waals surface area contributed by atoms with Crippen LogP contribution in [0.4, 0.5) is 10.1 Å². The number of nitrogens with one attached hydrogen (secondary N) is 2. The topological polar surface area (TPSA) is 59.6 Å². The standard InChI is InChI=1S/C21H24ClFN2O3/c1-12(2)20(14-4-7-18-19(10-14)28-9-8-27-18)24-13(3)21(26)25-17-6-5-15(22)11-16(17)23/h4-7,10-13,20,24H,8-9H2,1-3H3,(H,25,26)/t13-,20+/m0/s1. The summed E-state index contributed by atoms with van der Waals surface area (Å²) in [4.78, 5) is 12.6. The predicted molar refractivity (Wildman–Crippen MR) is 108 cm³/mol. The van der Waals surface area contributed by atoms with Crippen LogP contribution < -0.4 is 20.1 Å². The molecular formula is C21H24ClFN2O3. The molecule has 1 heterocycles. The predicted octanol–water partition coefficient (Wildman–Crippen LogP) is 4.56. The lowest BCUT2D eigenvalue weighted by atomic mass is 9.94. The summed E-state index contributed by atoms with van der Waals surface area (Å²) in [6, 6.07) is 9.30. The zero-order valence-corrected chi connectivity index (χ0v) is 16.8. The van der Waals surface area contributed by atoms with Crippen molar-refractivity contribution in [3.8, 4) is 11.5 Å². The zero-order valence-electron chi connectivity index (χ0n) is 16.1. The van der Waals surface area contributed by atoms with E-state index >= 15 is 0 Å². The summed E-state index contributed by atoms with van der Waals surface area (Å²) in [6.07, 6.45) is 0. The van der Waals surface area contributed by atoms with E-state index in [4.69, 9.17) is 21.1 Å². The highest BCUT2D eigenvalue weighted by molar-refractivity contribution is 6.30. The van der Waals surface area contributed by atoms with Crippen LogP contribution in [-0.2, 0) is 4.79 Å². The van der Waals surface area contributed by atoms with Gasteiger partial charge in [-0.3, -0.25) is 10.1 Å². The number of benzene rings is 2. The van der Waals surface area contributed by atoms with Crippen LogP contribution in [0.5, 0.6) is 11.5 Å². The summed E-state index contributed by atoms with van der Waals surface area (Å²) in [5.41, 5.74) is 1.10. The first-order valence-electron chi connectivity index (χ1n) is 9.26. The van der Waals surface area contributed by atoms with Gasteiger partial charge in [0.1, 0.15) is 19.0 Å². The Morgan fingerprint density at radius 2 is 1.79 bits per heavy atom. The molecule has 150 valence electrons. The van der Waals surface area contributed by atoms with Crippen LogP contribution in [-0.4, -0.2) is 25.2 Å². The van der Waals surface area contributed by atoms with Crippen LogP contribution in [0.15, 0.2) is 36.4 Å². The first-order valence-corrected chi connectivity index (χ1v) is 9.64. The van der Waals surface area contributed by atoms with Gasteiger partial charge in [-0.15, -0.1) is 0 Å². The Morgan fingerprint density at radius 1 is 1.07 bits per heavy atom. The van der Waals surface area contributed by atoms with Gasteiger partial charge in [-0.05, 0) is 48.7 Å². The molecule has 0 spiro atoms. The minimum absolute atomic E-state index is 0.0911. The van der Waals surface area contributed by atoms with Gasteiger partial charge in [-0.1, -0.05) is 31.5 Å². The van der Waals surface area contributed by atoms with Crippen molar-refractivity contribution in [1.29, 1.82) is 0 Å². The Labute approximate surface area is 169 Å². The SMILES string of the molecule is CC(C)[C@@H](N[C@@H](C)C(=O)Nc1ccc(Cl)cc1F)c1ccc2c(c1)OCCO2. The van der Waals surface area contributed by atoms with Crippen molar-refractivity contribution in [2.24, 2.45) is 5.92 Å². The number of rotatable bonds is 6. The van der Waals surface area contributed by atoms with E-state index in [9.17, 15) is 9.18 Å². The monoisotopic (exact) mass is 406 g/mol. The van der Waals surface area contributed by atoms with E-state index in [1.807, 2.05) is 18.2 Å². The van der Waals surface area contributed by atoms with E-state index in [1.165, 1.54) is 18.2 Å². The summed E-state index contributed by atoms with van der Waals surface area (Å²) in [5.74, 6) is 0.743. The Morgan fingerprint density at radius 3 is 2.46 bits per heavy atom. The highest BCUT2D eigenvalue weighted by Crippen LogP contribution is 2.34. The fourth-order valence-corrected chi connectivity index (χ4v) is 3.26. The number of hydrogen-bond donors (Lipinski definition) is 2. The maximum atomic E-state index is 13.9. The minimum atomic E-state index is -0.569. The molecule has 2 aromatic carbocycles. The fraction of sp³-hybridized carbons (Fsp3) is 0.381. The normalized spacial score (nSPS) is 15.2. The van der Waals surface area contributed by atoms with Crippen molar-refractivity contribution in [2.75, 3.05) is 18.5 Å². The van der Waals surface area contributed by atoms with Crippen LogP contribution in [0.25, 0.3) is 0 Å². The fourth-order valence-electron chi connectivity index (χ4n) is 3.10. The van der Waals surface area contributed by atoms with Gasteiger partial charge < -0.3 is 14.8 Å². The van der Waals surface area contributed by atoms with Crippen molar-refractivity contribution in [2.45, 2.75) is 32.9 Å². The molecular weight excluding hydrogens is 383 g/mol. The molecule has 28 heavy (non-hydrogen) atoms. The Balaban J connectivity index is 1.72. The highest BCUT2D eigenvalue weighted by atomic mass is 35.5. The van der Waals surface area contributed by atoms with Crippen molar-refractivity contribution in [3.63, 3.8) is 0 Å². The summed E-state index contributed by atoms with van der Waals surface area (Å²) in [6.45, 7) is 6.94. The molecule has 0 saturated carbocycles. The molecule has 5 nitrogen and oxygen atoms in total. The molecule has 0 bridgehead atoms. The number of halogens is 2. The largest absolute Gasteiger partial charge is 0.486 e. The van der Waals surface area contributed by atoms with E-state index in [0.717, 1.165) is 11.3 Å². The summed E-state index contributed by atoms with van der Waals surface area (Å²) in [5, 5.41) is 6.21. The van der Waals surface area contributed by atoms with Crippen molar-refractivity contribution >= 4 is 23.2 Å². The molecule has 0 aromatic heterocycles. The number of fused-ring (bicyclic) bond motifs is 1. The van der Waals surface area contributed by atoms with Gasteiger partial charge in [-0.25, -0.2) is 4.39 Å². The maximum absolute atomic E-state index is 13.9. The molecule has 1 aliphatic heterocycles. The summed E-state index contributed by atoms with van der Waals surface area (Å²) >= 11 is 5.75. The Hall–Kier alpha value is -2.31. The van der Waals surface area contributed by atoms with E-state index in [2.05, 4.69) is 24.5 Å². The Kier molecular flexibility index (Phi) is 6.42. The highest BCUT2D eigenvalue weighted by Gasteiger charge is 2.24. The third kappa shape index (κ3) is 4.75. The third-order valence-electron chi connectivity index (χ3n) is 4.60. The van der Waals surface area contributed by atoms with E-state index < -0.39 is 11.9 Å². The molecule has 3 rings (SSSR count). The average Bonchev–Trinajstić information content (AvgIpc) is 2.67. The van der Waals surface area contributed by atoms with Gasteiger partial charge in [0.2, 0.25) is 5.91 Å².